The summed E-state index contributed by atoms with van der Waals surface area (Å²) in [6, 6.07) is 26.5. The minimum atomic E-state index is -1.03. The largest absolute Gasteiger partial charge is 0.478 e. The van der Waals surface area contributed by atoms with E-state index in [1.807, 2.05) is 72.2 Å². The summed E-state index contributed by atoms with van der Waals surface area (Å²) < 4.78 is 2.05. The Kier molecular flexibility index (Phi) is 5.77. The number of carbonyl (C=O) groups is 2. The predicted octanol–water partition coefficient (Wildman–Crippen LogP) is 5.92. The number of hydrogen-bond acceptors (Lipinski definition) is 4. The summed E-state index contributed by atoms with van der Waals surface area (Å²) in [4.78, 5) is 29.4. The van der Waals surface area contributed by atoms with Gasteiger partial charge in [-0.1, -0.05) is 65.9 Å². The normalized spacial score (nSPS) is 11.1. The highest BCUT2D eigenvalue weighted by Crippen LogP contribution is 2.30. The summed E-state index contributed by atoms with van der Waals surface area (Å²) in [7, 11) is 0. The van der Waals surface area contributed by atoms with E-state index in [0.717, 1.165) is 27.7 Å². The average Bonchev–Trinajstić information content (AvgIpc) is 3.21. The summed E-state index contributed by atoms with van der Waals surface area (Å²) in [5.41, 5.74) is 4.59. The van der Waals surface area contributed by atoms with Crippen molar-refractivity contribution in [3.8, 4) is 5.69 Å². The molecule has 0 saturated carbocycles. The molecule has 0 aliphatic heterocycles. The van der Waals surface area contributed by atoms with E-state index in [0.29, 0.717) is 16.2 Å². The summed E-state index contributed by atoms with van der Waals surface area (Å²) >= 11 is 1.34. The zero-order valence-corrected chi connectivity index (χ0v) is 19.2. The minimum absolute atomic E-state index is 0.126. The van der Waals surface area contributed by atoms with Crippen LogP contribution in [0.25, 0.3) is 27.5 Å². The second-order valence-corrected chi connectivity index (χ2v) is 8.85. The number of hydrogen-bond donors (Lipinski definition) is 2. The van der Waals surface area contributed by atoms with Gasteiger partial charge in [-0.05, 0) is 48.7 Å². The summed E-state index contributed by atoms with van der Waals surface area (Å²) in [6.07, 6.45) is 0. The molecule has 6 nitrogen and oxygen atoms in total. The highest BCUT2D eigenvalue weighted by molar-refractivity contribution is 7.99. The Hall–Kier alpha value is -4.10. The number of carbonyl (C=O) groups excluding carboxylic acids is 1. The third kappa shape index (κ3) is 4.13. The Labute approximate surface area is 200 Å². The van der Waals surface area contributed by atoms with Crippen molar-refractivity contribution in [1.82, 2.24) is 9.55 Å². The lowest BCUT2D eigenvalue weighted by molar-refractivity contribution is -0.113. The molecule has 0 radical (unpaired) electrons. The van der Waals surface area contributed by atoms with Gasteiger partial charge in [0, 0.05) is 16.8 Å². The van der Waals surface area contributed by atoms with E-state index in [2.05, 4.69) is 5.32 Å². The monoisotopic (exact) mass is 467 g/mol. The highest BCUT2D eigenvalue weighted by atomic mass is 32.2. The van der Waals surface area contributed by atoms with Crippen LogP contribution in [0.1, 0.15) is 15.9 Å². The van der Waals surface area contributed by atoms with Crippen LogP contribution in [0.5, 0.6) is 0 Å². The number of rotatable bonds is 6. The van der Waals surface area contributed by atoms with E-state index in [1.165, 1.54) is 11.8 Å². The van der Waals surface area contributed by atoms with Gasteiger partial charge in [0.1, 0.15) is 0 Å². The topological polar surface area (TPSA) is 84.2 Å². The molecule has 5 rings (SSSR count). The van der Waals surface area contributed by atoms with Crippen LogP contribution in [0.3, 0.4) is 0 Å². The van der Waals surface area contributed by atoms with Crippen LogP contribution in [0, 0.1) is 6.92 Å². The van der Waals surface area contributed by atoms with Crippen molar-refractivity contribution in [3.63, 3.8) is 0 Å². The molecule has 34 heavy (non-hydrogen) atoms. The van der Waals surface area contributed by atoms with E-state index in [1.54, 1.807) is 24.3 Å². The van der Waals surface area contributed by atoms with Crippen molar-refractivity contribution in [2.24, 2.45) is 0 Å². The van der Waals surface area contributed by atoms with Gasteiger partial charge in [-0.3, -0.25) is 9.36 Å². The molecule has 0 saturated heterocycles. The first-order chi connectivity index (χ1) is 16.5. The number of carboxylic acids is 1. The molecule has 0 fully saturated rings. The SMILES string of the molecule is Cc1ccc(-n2c(SCC(=O)Nc3cccc4cccc(C(=O)O)c34)nc3ccccc32)cc1. The van der Waals surface area contributed by atoms with Crippen LogP contribution in [0.15, 0.2) is 90.1 Å². The summed E-state index contributed by atoms with van der Waals surface area (Å²) in [5.74, 6) is -1.14. The number of thioether (sulfide) groups is 1. The Morgan fingerprint density at radius 2 is 1.68 bits per heavy atom. The number of imidazole rings is 1. The van der Waals surface area contributed by atoms with Gasteiger partial charge in [0.15, 0.2) is 5.16 Å². The van der Waals surface area contributed by atoms with Crippen LogP contribution in [0.4, 0.5) is 5.69 Å². The number of para-hydroxylation sites is 2. The molecule has 0 aliphatic carbocycles. The van der Waals surface area contributed by atoms with Crippen molar-refractivity contribution in [2.45, 2.75) is 12.1 Å². The van der Waals surface area contributed by atoms with E-state index in [-0.39, 0.29) is 17.2 Å². The van der Waals surface area contributed by atoms with E-state index in [9.17, 15) is 14.7 Å². The lowest BCUT2D eigenvalue weighted by Gasteiger charge is -2.12. The van der Waals surface area contributed by atoms with Crippen LogP contribution < -0.4 is 5.32 Å². The van der Waals surface area contributed by atoms with Gasteiger partial charge in [0.2, 0.25) is 5.91 Å². The van der Waals surface area contributed by atoms with Crippen LogP contribution in [0.2, 0.25) is 0 Å². The maximum atomic E-state index is 12.9. The number of nitrogens with one attached hydrogen (secondary N) is 1. The summed E-state index contributed by atoms with van der Waals surface area (Å²) in [5, 5.41) is 14.5. The van der Waals surface area contributed by atoms with E-state index >= 15 is 0 Å². The highest BCUT2D eigenvalue weighted by Gasteiger charge is 2.16. The Balaban J connectivity index is 1.43. The Morgan fingerprint density at radius 3 is 2.44 bits per heavy atom. The lowest BCUT2D eigenvalue weighted by Crippen LogP contribution is -2.15. The average molecular weight is 468 g/mol. The molecule has 5 aromatic rings. The molecule has 4 aromatic carbocycles. The number of benzene rings is 4. The van der Waals surface area contributed by atoms with Gasteiger partial charge in [-0.2, -0.15) is 0 Å². The second kappa shape index (κ2) is 9.03. The maximum absolute atomic E-state index is 12.9. The third-order valence-corrected chi connectivity index (χ3v) is 6.50. The number of fused-ring (bicyclic) bond motifs is 2. The second-order valence-electron chi connectivity index (χ2n) is 7.91. The first kappa shape index (κ1) is 21.7. The zero-order chi connectivity index (χ0) is 23.7. The molecular weight excluding hydrogens is 446 g/mol. The molecule has 0 atom stereocenters. The molecule has 0 spiro atoms. The number of anilines is 1. The van der Waals surface area contributed by atoms with Gasteiger partial charge in [0.25, 0.3) is 0 Å². The van der Waals surface area contributed by atoms with Crippen molar-refractivity contribution >= 4 is 51.1 Å². The van der Waals surface area contributed by atoms with Gasteiger partial charge in [-0.15, -0.1) is 0 Å². The smallest absolute Gasteiger partial charge is 0.336 e. The maximum Gasteiger partial charge on any atom is 0.336 e. The van der Waals surface area contributed by atoms with Crippen LogP contribution in [-0.2, 0) is 4.79 Å². The van der Waals surface area contributed by atoms with Crippen molar-refractivity contribution in [3.05, 3.63) is 96.1 Å². The number of aryl methyl sites for hydroxylation is 1. The zero-order valence-electron chi connectivity index (χ0n) is 18.4. The molecule has 0 bridgehead atoms. The molecule has 1 heterocycles. The van der Waals surface area contributed by atoms with E-state index < -0.39 is 5.97 Å². The number of amides is 1. The third-order valence-electron chi connectivity index (χ3n) is 5.56. The van der Waals surface area contributed by atoms with Gasteiger partial charge in [0.05, 0.1) is 22.3 Å². The Morgan fingerprint density at radius 1 is 0.941 bits per heavy atom. The number of carboxylic acid groups (broad SMARTS) is 1. The fourth-order valence-electron chi connectivity index (χ4n) is 3.98. The first-order valence-electron chi connectivity index (χ1n) is 10.7. The molecule has 7 heteroatoms. The molecule has 0 unspecified atom stereocenters. The molecule has 1 aromatic heterocycles. The van der Waals surface area contributed by atoms with Gasteiger partial charge < -0.3 is 10.4 Å². The fraction of sp³-hybridized carbons (Fsp3) is 0.0741. The van der Waals surface area contributed by atoms with E-state index in [4.69, 9.17) is 4.98 Å². The minimum Gasteiger partial charge on any atom is -0.478 e. The number of aromatic nitrogens is 2. The van der Waals surface area contributed by atoms with Gasteiger partial charge in [-0.25, -0.2) is 9.78 Å². The molecule has 168 valence electrons. The Bertz CT molecular complexity index is 1540. The molecule has 2 N–H and O–H groups in total. The molecular formula is C27H21N3O3S. The quantitative estimate of drug-likeness (QED) is 0.303. The number of nitrogens with zero attached hydrogens (tertiary/aromatic N) is 2. The summed E-state index contributed by atoms with van der Waals surface area (Å²) in [6.45, 7) is 2.04. The standard InChI is InChI=1S/C27H21N3O3S/c1-17-12-14-19(15-13-17)30-23-11-3-2-9-21(23)29-27(30)34-16-24(31)28-22-10-5-7-18-6-4-8-20(25(18)22)26(32)33/h2-15H,16H2,1H3,(H,28,31)(H,32,33). The van der Waals surface area contributed by atoms with Crippen molar-refractivity contribution < 1.29 is 14.7 Å². The van der Waals surface area contributed by atoms with Crippen molar-refractivity contribution in [2.75, 3.05) is 11.1 Å². The van der Waals surface area contributed by atoms with Crippen molar-refractivity contribution in [1.29, 1.82) is 0 Å². The van der Waals surface area contributed by atoms with Crippen LogP contribution >= 0.6 is 11.8 Å². The fourth-order valence-corrected chi connectivity index (χ4v) is 4.81. The molecule has 0 aliphatic rings. The van der Waals surface area contributed by atoms with Gasteiger partial charge >= 0.3 is 5.97 Å². The predicted molar refractivity (Wildman–Crippen MR) is 136 cm³/mol. The molecule has 1 amide bonds. The first-order valence-corrected chi connectivity index (χ1v) is 11.7. The van der Waals surface area contributed by atoms with Crippen LogP contribution in [-0.4, -0.2) is 32.3 Å². The number of aromatic carboxylic acids is 1. The lowest BCUT2D eigenvalue weighted by atomic mass is 10.0.